The number of nitrogens with two attached hydrogens (primary N) is 1. The zero-order valence-corrected chi connectivity index (χ0v) is 13.8. The first-order valence-electron chi connectivity index (χ1n) is 9.08. The van der Waals surface area contributed by atoms with E-state index in [1.54, 1.807) is 0 Å². The van der Waals surface area contributed by atoms with Crippen LogP contribution in [0, 0.1) is 17.8 Å². The maximum atomic E-state index is 12.1. The fourth-order valence-electron chi connectivity index (χ4n) is 6.06. The van der Waals surface area contributed by atoms with Crippen molar-refractivity contribution >= 4 is 5.91 Å². The monoisotopic (exact) mass is 321 g/mol. The molecule has 124 valence electrons. The molecule has 1 heterocycles. The molecule has 4 nitrogen and oxygen atoms in total. The van der Waals surface area contributed by atoms with Crippen molar-refractivity contribution in [1.29, 1.82) is 0 Å². The predicted molar refractivity (Wildman–Crippen MR) is 91.9 cm³/mol. The van der Waals surface area contributed by atoms with E-state index < -0.39 is 0 Å². The Kier molecular flexibility index (Phi) is 2.94. The van der Waals surface area contributed by atoms with E-state index >= 15 is 0 Å². The van der Waals surface area contributed by atoms with Crippen LogP contribution in [0.1, 0.15) is 54.6 Å². The average molecular weight is 321 g/mol. The fourth-order valence-corrected chi connectivity index (χ4v) is 6.06. The topological polar surface area (TPSA) is 60.9 Å². The quantitative estimate of drug-likeness (QED) is 0.941. The number of hydrogen-bond acceptors (Lipinski definition) is 2. The molecule has 4 fully saturated rings. The van der Waals surface area contributed by atoms with Crippen LogP contribution in [-0.4, -0.2) is 15.7 Å². The molecule has 4 heteroatoms. The van der Waals surface area contributed by atoms with Gasteiger partial charge in [0, 0.05) is 11.6 Å². The zero-order valence-electron chi connectivity index (χ0n) is 13.8. The van der Waals surface area contributed by atoms with E-state index in [0.717, 1.165) is 29.1 Å². The smallest absolute Gasteiger partial charge is 0.252 e. The summed E-state index contributed by atoms with van der Waals surface area (Å²) in [7, 11) is 0. The Morgan fingerprint density at radius 3 is 2.17 bits per heavy atom. The highest BCUT2D eigenvalue weighted by Gasteiger charge is 2.53. The summed E-state index contributed by atoms with van der Waals surface area (Å²) >= 11 is 0. The number of benzene rings is 1. The Morgan fingerprint density at radius 1 is 1.04 bits per heavy atom. The van der Waals surface area contributed by atoms with Gasteiger partial charge in [0.25, 0.3) is 5.91 Å². The second-order valence-corrected chi connectivity index (χ2v) is 8.23. The largest absolute Gasteiger partial charge is 0.365 e. The van der Waals surface area contributed by atoms with Gasteiger partial charge in [0.15, 0.2) is 0 Å². The van der Waals surface area contributed by atoms with Crippen LogP contribution in [0.5, 0.6) is 0 Å². The third-order valence-electron chi connectivity index (χ3n) is 6.54. The summed E-state index contributed by atoms with van der Waals surface area (Å²) in [6.45, 7) is 0. The number of primary amides is 1. The molecule has 0 spiro atoms. The maximum absolute atomic E-state index is 12.1. The van der Waals surface area contributed by atoms with Gasteiger partial charge in [0.05, 0.1) is 16.9 Å². The van der Waals surface area contributed by atoms with Gasteiger partial charge in [0.2, 0.25) is 0 Å². The normalized spacial score (nSPS) is 33.8. The number of amides is 1. The molecule has 4 aliphatic carbocycles. The molecular formula is C20H23N3O. The number of aromatic nitrogens is 2. The van der Waals surface area contributed by atoms with Crippen LogP contribution < -0.4 is 5.73 Å². The van der Waals surface area contributed by atoms with Gasteiger partial charge in [-0.05, 0) is 68.4 Å². The molecule has 0 saturated heterocycles. The highest BCUT2D eigenvalue weighted by molar-refractivity contribution is 5.94. The zero-order chi connectivity index (χ0) is 16.3. The van der Waals surface area contributed by atoms with Gasteiger partial charge in [-0.2, -0.15) is 5.10 Å². The van der Waals surface area contributed by atoms with E-state index in [1.807, 2.05) is 41.2 Å². The minimum absolute atomic E-state index is 0.0825. The van der Waals surface area contributed by atoms with Crippen LogP contribution in [0.3, 0.4) is 0 Å². The molecule has 4 saturated carbocycles. The summed E-state index contributed by atoms with van der Waals surface area (Å²) in [6.07, 6.45) is 9.53. The minimum atomic E-state index is -0.345. The van der Waals surface area contributed by atoms with Crippen molar-refractivity contribution < 1.29 is 4.79 Å². The van der Waals surface area contributed by atoms with Crippen molar-refractivity contribution in [2.24, 2.45) is 23.5 Å². The van der Waals surface area contributed by atoms with E-state index in [9.17, 15) is 4.79 Å². The van der Waals surface area contributed by atoms with Gasteiger partial charge >= 0.3 is 0 Å². The maximum Gasteiger partial charge on any atom is 0.252 e. The molecule has 4 bridgehead atoms. The van der Waals surface area contributed by atoms with Crippen LogP contribution >= 0.6 is 0 Å². The van der Waals surface area contributed by atoms with Crippen molar-refractivity contribution in [3.05, 3.63) is 47.8 Å². The van der Waals surface area contributed by atoms with E-state index in [1.165, 1.54) is 38.5 Å². The molecule has 6 rings (SSSR count). The summed E-state index contributed by atoms with van der Waals surface area (Å²) in [5.74, 6) is 2.11. The van der Waals surface area contributed by atoms with E-state index in [0.29, 0.717) is 5.56 Å². The average Bonchev–Trinajstić information content (AvgIpc) is 3.01. The lowest BCUT2D eigenvalue weighted by Gasteiger charge is -2.56. The van der Waals surface area contributed by atoms with Crippen LogP contribution in [0.4, 0.5) is 0 Å². The lowest BCUT2D eigenvalue weighted by Crippen LogP contribution is -2.49. The van der Waals surface area contributed by atoms with Crippen molar-refractivity contribution in [3.63, 3.8) is 0 Å². The molecule has 0 aliphatic heterocycles. The number of para-hydroxylation sites is 1. The van der Waals surface area contributed by atoms with E-state index in [-0.39, 0.29) is 11.3 Å². The lowest BCUT2D eigenvalue weighted by atomic mass is 9.48. The summed E-state index contributed by atoms with van der Waals surface area (Å²) < 4.78 is 1.84. The fraction of sp³-hybridized carbons (Fsp3) is 0.500. The summed E-state index contributed by atoms with van der Waals surface area (Å²) in [4.78, 5) is 12.1. The third-order valence-corrected chi connectivity index (χ3v) is 6.54. The number of carbonyl (C=O) groups excluding carboxylic acids is 1. The summed E-state index contributed by atoms with van der Waals surface area (Å²) in [6, 6.07) is 10.0. The third kappa shape index (κ3) is 2.05. The first-order chi connectivity index (χ1) is 11.6. The van der Waals surface area contributed by atoms with Crippen LogP contribution in [0.25, 0.3) is 5.69 Å². The molecule has 0 radical (unpaired) electrons. The summed E-state index contributed by atoms with van der Waals surface area (Å²) in [5, 5.41) is 4.91. The number of hydrogen-bond donors (Lipinski definition) is 1. The van der Waals surface area contributed by atoms with Gasteiger partial charge in [-0.15, -0.1) is 0 Å². The van der Waals surface area contributed by atoms with Crippen LogP contribution in [0.2, 0.25) is 0 Å². The number of nitrogens with zero attached hydrogens (tertiary/aromatic N) is 2. The van der Waals surface area contributed by atoms with Crippen molar-refractivity contribution in [3.8, 4) is 5.69 Å². The molecule has 2 N–H and O–H groups in total. The van der Waals surface area contributed by atoms with Gasteiger partial charge in [-0.3, -0.25) is 4.79 Å². The lowest BCUT2D eigenvalue weighted by molar-refractivity contribution is -0.00766. The van der Waals surface area contributed by atoms with Gasteiger partial charge < -0.3 is 5.73 Å². The highest BCUT2D eigenvalue weighted by atomic mass is 16.1. The van der Waals surface area contributed by atoms with Crippen molar-refractivity contribution in [1.82, 2.24) is 9.78 Å². The summed E-state index contributed by atoms with van der Waals surface area (Å²) in [5.41, 5.74) is 8.39. The predicted octanol–water partition coefficient (Wildman–Crippen LogP) is 3.44. The number of carbonyl (C=O) groups is 1. The van der Waals surface area contributed by atoms with Crippen molar-refractivity contribution in [2.75, 3.05) is 0 Å². The highest BCUT2D eigenvalue weighted by Crippen LogP contribution is 2.60. The molecule has 4 aliphatic rings. The molecule has 1 aromatic carbocycles. The van der Waals surface area contributed by atoms with Gasteiger partial charge in [-0.25, -0.2) is 4.68 Å². The Hall–Kier alpha value is -2.10. The minimum Gasteiger partial charge on any atom is -0.365 e. The molecule has 1 amide bonds. The Balaban J connectivity index is 1.63. The standard InChI is InChI=1S/C20H23N3O/c21-19(24)17-12-23(16-4-2-1-3-5-16)22-18(17)20-9-13-6-14(10-20)8-15(7-13)11-20/h1-5,12-15H,6-11H2,(H2,21,24). The second-order valence-electron chi connectivity index (χ2n) is 8.23. The molecule has 0 unspecified atom stereocenters. The van der Waals surface area contributed by atoms with Crippen LogP contribution in [0.15, 0.2) is 36.5 Å². The second kappa shape index (κ2) is 4.95. The van der Waals surface area contributed by atoms with Crippen molar-refractivity contribution in [2.45, 2.75) is 43.9 Å². The molecule has 2 aromatic rings. The van der Waals surface area contributed by atoms with Gasteiger partial charge in [-0.1, -0.05) is 18.2 Å². The molecular weight excluding hydrogens is 298 g/mol. The SMILES string of the molecule is NC(=O)c1cn(-c2ccccc2)nc1C12CC3CC(CC(C3)C1)C2. The van der Waals surface area contributed by atoms with Gasteiger partial charge in [0.1, 0.15) is 0 Å². The van der Waals surface area contributed by atoms with E-state index in [2.05, 4.69) is 0 Å². The molecule has 24 heavy (non-hydrogen) atoms. The molecule has 0 atom stereocenters. The molecule has 1 aromatic heterocycles. The number of rotatable bonds is 3. The first kappa shape index (κ1) is 14.3. The van der Waals surface area contributed by atoms with E-state index in [4.69, 9.17) is 10.8 Å². The Labute approximate surface area is 142 Å². The Bertz CT molecular complexity index is 757. The van der Waals surface area contributed by atoms with Crippen LogP contribution in [-0.2, 0) is 5.41 Å². The first-order valence-corrected chi connectivity index (χ1v) is 9.08. The Morgan fingerprint density at radius 2 is 1.62 bits per heavy atom.